The van der Waals surface area contributed by atoms with Gasteiger partial charge in [0.05, 0.1) is 16.8 Å². The van der Waals surface area contributed by atoms with Gasteiger partial charge in [0.1, 0.15) is 4.90 Å². The van der Waals surface area contributed by atoms with E-state index in [2.05, 4.69) is 5.32 Å². The van der Waals surface area contributed by atoms with Crippen LogP contribution in [0.4, 0.5) is 11.4 Å². The molecule has 2 aromatic carbocycles. The van der Waals surface area contributed by atoms with Crippen LogP contribution in [0, 0.1) is 23.2 Å². The first-order chi connectivity index (χ1) is 14.9. The fourth-order valence-electron chi connectivity index (χ4n) is 6.64. The van der Waals surface area contributed by atoms with E-state index in [1.54, 1.807) is 36.4 Å². The molecule has 0 aliphatic heterocycles. The second kappa shape index (κ2) is 7.66. The van der Waals surface area contributed by atoms with Crippen molar-refractivity contribution in [3.63, 3.8) is 0 Å². The number of nitrogens with one attached hydrogen (secondary N) is 1. The molecule has 4 aliphatic rings. The average molecular weight is 439 g/mol. The van der Waals surface area contributed by atoms with Crippen molar-refractivity contribution in [1.82, 2.24) is 0 Å². The third kappa shape index (κ3) is 3.55. The molecule has 4 fully saturated rings. The Bertz CT molecular complexity index is 1050. The standard InChI is InChI=1S/C25H30N2O3S/c1-2-27(21-8-4-3-5-9-21)31(29,30)23-11-7-6-10-22(23)26-24(28)25-15-18-12-19(16-25)14-20(13-18)17-25/h3-11,18-20H,2,12-17H2,1H3,(H,26,28). The van der Waals surface area contributed by atoms with Crippen LogP contribution in [-0.2, 0) is 14.8 Å². The molecule has 0 saturated heterocycles. The minimum atomic E-state index is -3.82. The number of hydrogen-bond acceptors (Lipinski definition) is 3. The molecule has 4 aliphatic carbocycles. The smallest absolute Gasteiger partial charge is 0.266 e. The third-order valence-corrected chi connectivity index (χ3v) is 9.52. The van der Waals surface area contributed by atoms with Crippen LogP contribution in [0.5, 0.6) is 0 Å². The van der Waals surface area contributed by atoms with Crippen molar-refractivity contribution in [3.05, 3.63) is 54.6 Å². The number of rotatable bonds is 6. The highest BCUT2D eigenvalue weighted by atomic mass is 32.2. The first-order valence-electron chi connectivity index (χ1n) is 11.4. The minimum Gasteiger partial charge on any atom is -0.324 e. The molecule has 5 nitrogen and oxygen atoms in total. The maximum Gasteiger partial charge on any atom is 0.266 e. The third-order valence-electron chi connectivity index (χ3n) is 7.55. The second-order valence-corrected chi connectivity index (χ2v) is 11.5. The summed E-state index contributed by atoms with van der Waals surface area (Å²) in [5.41, 5.74) is 0.681. The van der Waals surface area contributed by atoms with Gasteiger partial charge in [-0.2, -0.15) is 0 Å². The number of hydrogen-bond donors (Lipinski definition) is 1. The molecule has 0 atom stereocenters. The molecular weight excluding hydrogens is 408 g/mol. The van der Waals surface area contributed by atoms with Crippen molar-refractivity contribution in [3.8, 4) is 0 Å². The molecule has 6 rings (SSSR count). The van der Waals surface area contributed by atoms with Crippen LogP contribution < -0.4 is 9.62 Å². The van der Waals surface area contributed by atoms with Crippen molar-refractivity contribution < 1.29 is 13.2 Å². The highest BCUT2D eigenvalue weighted by Gasteiger charge is 2.54. The van der Waals surface area contributed by atoms with Crippen LogP contribution in [0.1, 0.15) is 45.4 Å². The Balaban J connectivity index is 1.45. The molecule has 0 spiro atoms. The second-order valence-electron chi connectivity index (χ2n) is 9.65. The van der Waals surface area contributed by atoms with Crippen LogP contribution in [0.2, 0.25) is 0 Å². The molecule has 31 heavy (non-hydrogen) atoms. The van der Waals surface area contributed by atoms with Crippen LogP contribution in [-0.4, -0.2) is 20.9 Å². The number of carbonyl (C=O) groups excluding carboxylic acids is 1. The summed E-state index contributed by atoms with van der Waals surface area (Å²) in [6.07, 6.45) is 6.64. The molecular formula is C25H30N2O3S. The summed E-state index contributed by atoms with van der Waals surface area (Å²) < 4.78 is 28.6. The number of benzene rings is 2. The zero-order valence-electron chi connectivity index (χ0n) is 18.0. The van der Waals surface area contributed by atoms with E-state index in [4.69, 9.17) is 0 Å². The van der Waals surface area contributed by atoms with Gasteiger partial charge in [-0.1, -0.05) is 30.3 Å². The number of nitrogens with zero attached hydrogens (tertiary/aromatic N) is 1. The van der Waals surface area contributed by atoms with E-state index in [1.165, 1.54) is 23.6 Å². The summed E-state index contributed by atoms with van der Waals surface area (Å²) in [5, 5.41) is 3.06. The lowest BCUT2D eigenvalue weighted by molar-refractivity contribution is -0.140. The lowest BCUT2D eigenvalue weighted by atomic mass is 9.49. The van der Waals surface area contributed by atoms with E-state index < -0.39 is 10.0 Å². The topological polar surface area (TPSA) is 66.5 Å². The number of anilines is 2. The molecule has 0 unspecified atom stereocenters. The zero-order chi connectivity index (χ0) is 21.6. The van der Waals surface area contributed by atoms with Crippen LogP contribution in [0.25, 0.3) is 0 Å². The van der Waals surface area contributed by atoms with E-state index >= 15 is 0 Å². The van der Waals surface area contributed by atoms with Gasteiger partial charge in [0.2, 0.25) is 5.91 Å². The van der Waals surface area contributed by atoms with Crippen molar-refractivity contribution in [2.75, 3.05) is 16.2 Å². The van der Waals surface area contributed by atoms with Gasteiger partial charge in [0.25, 0.3) is 10.0 Å². The zero-order valence-corrected chi connectivity index (χ0v) is 18.8. The predicted octanol–water partition coefficient (Wildman–Crippen LogP) is 5.06. The predicted molar refractivity (Wildman–Crippen MR) is 122 cm³/mol. The van der Waals surface area contributed by atoms with E-state index in [1.807, 2.05) is 25.1 Å². The number of sulfonamides is 1. The molecule has 1 amide bonds. The number of amides is 1. The largest absolute Gasteiger partial charge is 0.324 e. The number of para-hydroxylation sites is 2. The average Bonchev–Trinajstić information content (AvgIpc) is 2.74. The van der Waals surface area contributed by atoms with Crippen molar-refractivity contribution in [1.29, 1.82) is 0 Å². The molecule has 164 valence electrons. The molecule has 6 heteroatoms. The first kappa shape index (κ1) is 20.6. The fourth-order valence-corrected chi connectivity index (χ4v) is 8.27. The summed E-state index contributed by atoms with van der Waals surface area (Å²) in [4.78, 5) is 13.7. The molecule has 4 bridgehead atoms. The van der Waals surface area contributed by atoms with Crippen LogP contribution in [0.3, 0.4) is 0 Å². The Labute approximate surface area is 184 Å². The lowest BCUT2D eigenvalue weighted by Gasteiger charge is -2.55. The van der Waals surface area contributed by atoms with Gasteiger partial charge in [-0.15, -0.1) is 0 Å². The first-order valence-corrected chi connectivity index (χ1v) is 12.8. The maximum absolute atomic E-state index is 13.6. The van der Waals surface area contributed by atoms with Gasteiger partial charge in [-0.25, -0.2) is 8.42 Å². The van der Waals surface area contributed by atoms with Gasteiger partial charge in [0, 0.05) is 6.54 Å². The van der Waals surface area contributed by atoms with Crippen molar-refractivity contribution in [2.24, 2.45) is 23.2 Å². The number of carbonyl (C=O) groups is 1. The molecule has 1 N–H and O–H groups in total. The Morgan fingerprint density at radius 3 is 2.06 bits per heavy atom. The van der Waals surface area contributed by atoms with E-state index in [0.29, 0.717) is 35.7 Å². The van der Waals surface area contributed by atoms with Gasteiger partial charge < -0.3 is 5.32 Å². The SMILES string of the molecule is CCN(c1ccccc1)S(=O)(=O)c1ccccc1NC(=O)C12CC3CC(CC(C3)C1)C2. The minimum absolute atomic E-state index is 0.0111. The lowest BCUT2D eigenvalue weighted by Crippen LogP contribution is -2.51. The Kier molecular flexibility index (Phi) is 5.08. The molecule has 0 aromatic heterocycles. The molecule has 0 heterocycles. The normalized spacial score (nSPS) is 29.0. The Morgan fingerprint density at radius 1 is 0.935 bits per heavy atom. The summed E-state index contributed by atoms with van der Waals surface area (Å²) >= 11 is 0. The highest BCUT2D eigenvalue weighted by Crippen LogP contribution is 2.60. The van der Waals surface area contributed by atoms with Crippen LogP contribution >= 0.6 is 0 Å². The fraction of sp³-hybridized carbons (Fsp3) is 0.480. The monoisotopic (exact) mass is 438 g/mol. The summed E-state index contributed by atoms with van der Waals surface area (Å²) in [6.45, 7) is 2.13. The Hall–Kier alpha value is -2.34. The van der Waals surface area contributed by atoms with E-state index in [-0.39, 0.29) is 16.2 Å². The van der Waals surface area contributed by atoms with Gasteiger partial charge in [0.15, 0.2) is 0 Å². The van der Waals surface area contributed by atoms with Gasteiger partial charge in [-0.05, 0) is 87.5 Å². The maximum atomic E-state index is 13.6. The van der Waals surface area contributed by atoms with Gasteiger partial charge >= 0.3 is 0 Å². The Morgan fingerprint density at radius 2 is 1.48 bits per heavy atom. The van der Waals surface area contributed by atoms with Crippen molar-refractivity contribution in [2.45, 2.75) is 50.3 Å². The van der Waals surface area contributed by atoms with Crippen LogP contribution in [0.15, 0.2) is 59.5 Å². The summed E-state index contributed by atoms with van der Waals surface area (Å²) in [6, 6.07) is 15.9. The van der Waals surface area contributed by atoms with Gasteiger partial charge in [-0.3, -0.25) is 9.10 Å². The summed E-state index contributed by atoms with van der Waals surface area (Å²) in [5.74, 6) is 1.98. The van der Waals surface area contributed by atoms with E-state index in [9.17, 15) is 13.2 Å². The molecule has 2 aromatic rings. The quantitative estimate of drug-likeness (QED) is 0.686. The molecule has 4 saturated carbocycles. The molecule has 0 radical (unpaired) electrons. The highest BCUT2D eigenvalue weighted by molar-refractivity contribution is 7.93. The van der Waals surface area contributed by atoms with Crippen molar-refractivity contribution >= 4 is 27.3 Å². The van der Waals surface area contributed by atoms with E-state index in [0.717, 1.165) is 19.3 Å². The summed E-state index contributed by atoms with van der Waals surface area (Å²) in [7, 11) is -3.82.